The Morgan fingerprint density at radius 3 is 2.47 bits per heavy atom. The number of rotatable bonds is 9. The number of piperazine rings is 1. The molecule has 2 aromatic carbocycles. The fourth-order valence-corrected chi connectivity index (χ4v) is 4.31. The lowest BCUT2D eigenvalue weighted by Crippen LogP contribution is -2.44. The number of nitrogens with one attached hydrogen (secondary N) is 1. The van der Waals surface area contributed by atoms with Gasteiger partial charge in [0, 0.05) is 56.2 Å². The SMILES string of the molecule is COc1cc(Nc2nccc(-c3c(C)cccc3C)n2)ccc1OCCCN1CCN(C)CC1. The van der Waals surface area contributed by atoms with Crippen molar-refractivity contribution in [2.24, 2.45) is 0 Å². The summed E-state index contributed by atoms with van der Waals surface area (Å²) in [5.41, 5.74) is 5.28. The van der Waals surface area contributed by atoms with Gasteiger partial charge < -0.3 is 24.6 Å². The molecule has 7 nitrogen and oxygen atoms in total. The van der Waals surface area contributed by atoms with E-state index in [0.29, 0.717) is 18.3 Å². The van der Waals surface area contributed by atoms with Crippen molar-refractivity contribution in [3.8, 4) is 22.8 Å². The Morgan fingerprint density at radius 2 is 1.74 bits per heavy atom. The maximum Gasteiger partial charge on any atom is 0.227 e. The molecule has 0 spiro atoms. The maximum absolute atomic E-state index is 6.03. The van der Waals surface area contributed by atoms with Gasteiger partial charge in [0.25, 0.3) is 0 Å². The third-order valence-electron chi connectivity index (χ3n) is 6.28. The van der Waals surface area contributed by atoms with Gasteiger partial charge in [-0.2, -0.15) is 0 Å². The highest BCUT2D eigenvalue weighted by Gasteiger charge is 2.14. The molecule has 0 atom stereocenters. The van der Waals surface area contributed by atoms with E-state index in [0.717, 1.165) is 61.8 Å². The van der Waals surface area contributed by atoms with Crippen LogP contribution in [0.4, 0.5) is 11.6 Å². The minimum atomic E-state index is 0.544. The number of methoxy groups -OCH3 is 1. The highest BCUT2D eigenvalue weighted by Crippen LogP contribution is 2.32. The van der Waals surface area contributed by atoms with Crippen LogP contribution in [0.1, 0.15) is 17.5 Å². The van der Waals surface area contributed by atoms with Gasteiger partial charge in [0.15, 0.2) is 11.5 Å². The molecular formula is C27H35N5O2. The highest BCUT2D eigenvalue weighted by molar-refractivity contribution is 5.69. The normalized spacial score (nSPS) is 14.7. The summed E-state index contributed by atoms with van der Waals surface area (Å²) in [5, 5.41) is 3.30. The number of anilines is 2. The Kier molecular flexibility index (Phi) is 7.98. The fourth-order valence-electron chi connectivity index (χ4n) is 4.31. The lowest BCUT2D eigenvalue weighted by atomic mass is 10.00. The second kappa shape index (κ2) is 11.3. The Morgan fingerprint density at radius 1 is 0.971 bits per heavy atom. The summed E-state index contributed by atoms with van der Waals surface area (Å²) >= 11 is 0. The van der Waals surface area contributed by atoms with E-state index < -0.39 is 0 Å². The molecule has 1 saturated heterocycles. The second-order valence-corrected chi connectivity index (χ2v) is 8.87. The van der Waals surface area contributed by atoms with Gasteiger partial charge in [0.05, 0.1) is 19.4 Å². The lowest BCUT2D eigenvalue weighted by molar-refractivity contribution is 0.145. The first-order valence-corrected chi connectivity index (χ1v) is 11.9. The molecule has 3 aromatic rings. The maximum atomic E-state index is 6.03. The zero-order valence-corrected chi connectivity index (χ0v) is 20.7. The summed E-state index contributed by atoms with van der Waals surface area (Å²) < 4.78 is 11.6. The molecule has 0 radical (unpaired) electrons. The Labute approximate surface area is 202 Å². The summed E-state index contributed by atoms with van der Waals surface area (Å²) in [4.78, 5) is 14.0. The average molecular weight is 462 g/mol. The van der Waals surface area contributed by atoms with Gasteiger partial charge in [-0.15, -0.1) is 0 Å². The molecule has 0 aliphatic carbocycles. The molecule has 1 fully saturated rings. The molecule has 1 aliphatic heterocycles. The molecule has 1 aliphatic rings. The zero-order chi connectivity index (χ0) is 23.9. The van der Waals surface area contributed by atoms with E-state index in [1.807, 2.05) is 24.3 Å². The van der Waals surface area contributed by atoms with Crippen LogP contribution in [0, 0.1) is 13.8 Å². The summed E-state index contributed by atoms with van der Waals surface area (Å²) in [6.45, 7) is 10.5. The number of aryl methyl sites for hydroxylation is 2. The first-order chi connectivity index (χ1) is 16.5. The summed E-state index contributed by atoms with van der Waals surface area (Å²) in [6.07, 6.45) is 2.78. The predicted octanol–water partition coefficient (Wildman–Crippen LogP) is 4.53. The van der Waals surface area contributed by atoms with E-state index in [4.69, 9.17) is 14.5 Å². The molecule has 1 aromatic heterocycles. The third kappa shape index (κ3) is 6.04. The molecule has 0 saturated carbocycles. The van der Waals surface area contributed by atoms with Gasteiger partial charge >= 0.3 is 0 Å². The standard InChI is InChI=1S/C27H35N5O2/c1-20-7-5-8-21(2)26(20)23-11-12-28-27(30-23)29-22-9-10-24(25(19-22)33-4)34-18-6-13-32-16-14-31(3)15-17-32/h5,7-12,19H,6,13-18H2,1-4H3,(H,28,29,30). The average Bonchev–Trinajstić information content (AvgIpc) is 2.84. The number of likely N-dealkylation sites (N-methyl/N-ethyl adjacent to an activating group) is 1. The van der Waals surface area contributed by atoms with E-state index in [1.54, 1.807) is 13.3 Å². The molecule has 34 heavy (non-hydrogen) atoms. The smallest absolute Gasteiger partial charge is 0.227 e. The Bertz CT molecular complexity index is 1080. The minimum absolute atomic E-state index is 0.544. The van der Waals surface area contributed by atoms with Crippen LogP contribution in [-0.4, -0.2) is 73.3 Å². The van der Waals surface area contributed by atoms with Gasteiger partial charge in [-0.05, 0) is 56.6 Å². The van der Waals surface area contributed by atoms with Gasteiger partial charge in [-0.1, -0.05) is 18.2 Å². The second-order valence-electron chi connectivity index (χ2n) is 8.87. The number of ether oxygens (including phenoxy) is 2. The monoisotopic (exact) mass is 461 g/mol. The largest absolute Gasteiger partial charge is 0.493 e. The van der Waals surface area contributed by atoms with Gasteiger partial charge in [-0.3, -0.25) is 0 Å². The number of nitrogens with zero attached hydrogens (tertiary/aromatic N) is 4. The van der Waals surface area contributed by atoms with Crippen molar-refractivity contribution in [1.29, 1.82) is 0 Å². The van der Waals surface area contributed by atoms with E-state index in [-0.39, 0.29) is 0 Å². The number of benzene rings is 2. The quantitative estimate of drug-likeness (QED) is 0.470. The van der Waals surface area contributed by atoms with Crippen molar-refractivity contribution < 1.29 is 9.47 Å². The van der Waals surface area contributed by atoms with Crippen LogP contribution in [0.25, 0.3) is 11.3 Å². The molecule has 180 valence electrons. The number of hydrogen-bond acceptors (Lipinski definition) is 7. The highest BCUT2D eigenvalue weighted by atomic mass is 16.5. The molecule has 0 unspecified atom stereocenters. The predicted molar refractivity (Wildman–Crippen MR) is 137 cm³/mol. The topological polar surface area (TPSA) is 62.8 Å². The van der Waals surface area contributed by atoms with Crippen molar-refractivity contribution in [1.82, 2.24) is 19.8 Å². The van der Waals surface area contributed by atoms with Crippen LogP contribution in [0.2, 0.25) is 0 Å². The van der Waals surface area contributed by atoms with E-state index in [1.165, 1.54) is 11.1 Å². The van der Waals surface area contributed by atoms with Crippen LogP contribution < -0.4 is 14.8 Å². The van der Waals surface area contributed by atoms with Crippen LogP contribution in [0.5, 0.6) is 11.5 Å². The van der Waals surface area contributed by atoms with E-state index in [9.17, 15) is 0 Å². The molecule has 0 bridgehead atoms. The number of hydrogen-bond donors (Lipinski definition) is 1. The molecule has 7 heteroatoms. The summed E-state index contributed by atoms with van der Waals surface area (Å²) in [6, 6.07) is 14.0. The molecule has 1 N–H and O–H groups in total. The van der Waals surface area contributed by atoms with Crippen LogP contribution in [0.3, 0.4) is 0 Å². The minimum Gasteiger partial charge on any atom is -0.493 e. The van der Waals surface area contributed by atoms with Crippen molar-refractivity contribution >= 4 is 11.6 Å². The number of aromatic nitrogens is 2. The summed E-state index contributed by atoms with van der Waals surface area (Å²) in [7, 11) is 3.84. The van der Waals surface area contributed by atoms with Crippen LogP contribution in [0.15, 0.2) is 48.7 Å². The van der Waals surface area contributed by atoms with E-state index >= 15 is 0 Å². The Balaban J connectivity index is 1.37. The van der Waals surface area contributed by atoms with E-state index in [2.05, 4.69) is 59.2 Å². The first kappa shape index (κ1) is 24.0. The van der Waals surface area contributed by atoms with Crippen LogP contribution >= 0.6 is 0 Å². The molecule has 4 rings (SSSR count). The van der Waals surface area contributed by atoms with Gasteiger partial charge in [-0.25, -0.2) is 9.97 Å². The fraction of sp³-hybridized carbons (Fsp3) is 0.407. The van der Waals surface area contributed by atoms with Crippen molar-refractivity contribution in [2.45, 2.75) is 20.3 Å². The van der Waals surface area contributed by atoms with Crippen LogP contribution in [-0.2, 0) is 0 Å². The molecular weight excluding hydrogens is 426 g/mol. The molecule has 0 amide bonds. The van der Waals surface area contributed by atoms with Gasteiger partial charge in [0.1, 0.15) is 0 Å². The first-order valence-electron chi connectivity index (χ1n) is 11.9. The Hall–Kier alpha value is -3.16. The summed E-state index contributed by atoms with van der Waals surface area (Å²) in [5.74, 6) is 1.98. The van der Waals surface area contributed by atoms with Crippen molar-refractivity contribution in [3.63, 3.8) is 0 Å². The van der Waals surface area contributed by atoms with Crippen molar-refractivity contribution in [3.05, 3.63) is 59.8 Å². The lowest BCUT2D eigenvalue weighted by Gasteiger charge is -2.32. The van der Waals surface area contributed by atoms with Gasteiger partial charge in [0.2, 0.25) is 5.95 Å². The zero-order valence-electron chi connectivity index (χ0n) is 20.7. The van der Waals surface area contributed by atoms with Crippen molar-refractivity contribution in [2.75, 3.05) is 58.8 Å². The third-order valence-corrected chi connectivity index (χ3v) is 6.28. The molecule has 2 heterocycles.